The fraction of sp³-hybridized carbons (Fsp3) is 0.200. The van der Waals surface area contributed by atoms with E-state index >= 15 is 0 Å². The fourth-order valence-corrected chi connectivity index (χ4v) is 2.77. The second-order valence-corrected chi connectivity index (χ2v) is 5.85. The van der Waals surface area contributed by atoms with E-state index in [2.05, 4.69) is 47.1 Å². The lowest BCUT2D eigenvalue weighted by Gasteiger charge is -2.13. The average Bonchev–Trinajstić information content (AvgIpc) is 2.31. The van der Waals surface area contributed by atoms with Gasteiger partial charge in [-0.05, 0) is 42.7 Å². The van der Waals surface area contributed by atoms with Crippen molar-refractivity contribution in [2.24, 2.45) is 5.73 Å². The van der Waals surface area contributed by atoms with Crippen LogP contribution >= 0.6 is 27.5 Å². The Balaban J connectivity index is 2.16. The molecule has 0 aliphatic heterocycles. The summed E-state index contributed by atoms with van der Waals surface area (Å²) in [5.74, 6) is 0. The Hall–Kier alpha value is -0.830. The van der Waals surface area contributed by atoms with Crippen LogP contribution in [0.3, 0.4) is 0 Å². The third-order valence-corrected chi connectivity index (χ3v) is 3.57. The lowest BCUT2D eigenvalue weighted by molar-refractivity contribution is 0.721. The van der Waals surface area contributed by atoms with E-state index in [1.165, 1.54) is 11.1 Å². The van der Waals surface area contributed by atoms with Gasteiger partial charge in [0, 0.05) is 15.5 Å². The average molecular weight is 325 g/mol. The summed E-state index contributed by atoms with van der Waals surface area (Å²) in [5, 5.41) is 0.707. The molecular weight excluding hydrogens is 310 g/mol. The molecule has 0 saturated heterocycles. The third-order valence-electron chi connectivity index (χ3n) is 2.89. The molecule has 0 amide bonds. The monoisotopic (exact) mass is 323 g/mol. The smallest absolute Gasteiger partial charge is 0.0420 e. The highest BCUT2D eigenvalue weighted by atomic mass is 79.9. The van der Waals surface area contributed by atoms with Crippen LogP contribution in [0.1, 0.15) is 22.7 Å². The van der Waals surface area contributed by atoms with Crippen molar-refractivity contribution in [1.29, 1.82) is 0 Å². The predicted molar refractivity (Wildman–Crippen MR) is 81.0 cm³/mol. The maximum absolute atomic E-state index is 6.22. The number of hydrogen-bond acceptors (Lipinski definition) is 1. The maximum Gasteiger partial charge on any atom is 0.0420 e. The summed E-state index contributed by atoms with van der Waals surface area (Å²) in [5.41, 5.74) is 9.78. The summed E-state index contributed by atoms with van der Waals surface area (Å²) >= 11 is 9.47. The molecule has 0 fully saturated rings. The van der Waals surface area contributed by atoms with Crippen molar-refractivity contribution in [3.63, 3.8) is 0 Å². The summed E-state index contributed by atoms with van der Waals surface area (Å²) in [7, 11) is 0. The van der Waals surface area contributed by atoms with Crippen molar-refractivity contribution in [3.8, 4) is 0 Å². The van der Waals surface area contributed by atoms with Crippen LogP contribution in [-0.2, 0) is 6.42 Å². The van der Waals surface area contributed by atoms with Crippen molar-refractivity contribution in [2.75, 3.05) is 0 Å². The zero-order chi connectivity index (χ0) is 13.1. The molecule has 0 aromatic heterocycles. The minimum absolute atomic E-state index is 0.0392. The summed E-state index contributed by atoms with van der Waals surface area (Å²) in [6.45, 7) is 2.08. The van der Waals surface area contributed by atoms with E-state index in [0.29, 0.717) is 5.02 Å². The van der Waals surface area contributed by atoms with E-state index < -0.39 is 0 Å². The molecule has 2 aromatic rings. The van der Waals surface area contributed by atoms with E-state index in [4.69, 9.17) is 17.3 Å². The van der Waals surface area contributed by atoms with E-state index in [9.17, 15) is 0 Å². The molecule has 1 nitrogen and oxygen atoms in total. The highest BCUT2D eigenvalue weighted by Gasteiger charge is 2.08. The molecule has 3 heteroatoms. The van der Waals surface area contributed by atoms with Gasteiger partial charge in [0.2, 0.25) is 0 Å². The van der Waals surface area contributed by atoms with E-state index in [-0.39, 0.29) is 6.04 Å². The van der Waals surface area contributed by atoms with Crippen molar-refractivity contribution in [2.45, 2.75) is 19.4 Å². The van der Waals surface area contributed by atoms with Crippen molar-refractivity contribution in [3.05, 3.63) is 68.7 Å². The lowest BCUT2D eigenvalue weighted by Crippen LogP contribution is -2.13. The molecule has 0 bridgehead atoms. The molecule has 2 rings (SSSR count). The predicted octanol–water partition coefficient (Wildman–Crippen LogP) is 4.65. The zero-order valence-corrected chi connectivity index (χ0v) is 12.5. The van der Waals surface area contributed by atoms with Gasteiger partial charge in [-0.2, -0.15) is 0 Å². The van der Waals surface area contributed by atoms with Gasteiger partial charge in [0.15, 0.2) is 0 Å². The molecule has 94 valence electrons. The van der Waals surface area contributed by atoms with Gasteiger partial charge in [-0.15, -0.1) is 0 Å². The summed E-state index contributed by atoms with van der Waals surface area (Å²) in [6, 6.07) is 14.2. The number of aryl methyl sites for hydroxylation is 1. The fourth-order valence-electron chi connectivity index (χ4n) is 1.89. The quantitative estimate of drug-likeness (QED) is 0.873. The molecule has 0 saturated carbocycles. The van der Waals surface area contributed by atoms with Crippen LogP contribution in [0.4, 0.5) is 0 Å². The first-order valence-electron chi connectivity index (χ1n) is 5.82. The summed E-state index contributed by atoms with van der Waals surface area (Å²) in [6.07, 6.45) is 0.813. The molecule has 0 aliphatic carbocycles. The number of nitrogens with two attached hydrogens (primary N) is 1. The first kappa shape index (κ1) is 13.6. The SMILES string of the molecule is Cc1ccc(CC(N)c2cc(Cl)cc(Br)c2)cc1. The third kappa shape index (κ3) is 3.58. The first-order chi connectivity index (χ1) is 8.54. The Morgan fingerprint density at radius 3 is 2.44 bits per heavy atom. The molecule has 0 aliphatic rings. The van der Waals surface area contributed by atoms with Gasteiger partial charge < -0.3 is 5.73 Å². The topological polar surface area (TPSA) is 26.0 Å². The molecule has 2 N–H and O–H groups in total. The molecular formula is C15H15BrClN. The Morgan fingerprint density at radius 2 is 1.83 bits per heavy atom. The van der Waals surface area contributed by atoms with Crippen LogP contribution in [-0.4, -0.2) is 0 Å². The minimum atomic E-state index is -0.0392. The van der Waals surface area contributed by atoms with Crippen molar-refractivity contribution >= 4 is 27.5 Å². The number of halogens is 2. The molecule has 18 heavy (non-hydrogen) atoms. The Kier molecular flexibility index (Phi) is 4.44. The molecule has 2 aromatic carbocycles. The number of benzene rings is 2. The second-order valence-electron chi connectivity index (χ2n) is 4.50. The summed E-state index contributed by atoms with van der Waals surface area (Å²) in [4.78, 5) is 0. The van der Waals surface area contributed by atoms with E-state index in [0.717, 1.165) is 16.5 Å². The molecule has 1 unspecified atom stereocenters. The molecule has 0 heterocycles. The van der Waals surface area contributed by atoms with Crippen LogP contribution in [0.5, 0.6) is 0 Å². The standard InChI is InChI=1S/C15H15BrClN/c1-10-2-4-11(5-3-10)6-15(18)12-7-13(16)9-14(17)8-12/h2-5,7-9,15H,6,18H2,1H3. The highest BCUT2D eigenvalue weighted by molar-refractivity contribution is 9.10. The molecule has 0 spiro atoms. The highest BCUT2D eigenvalue weighted by Crippen LogP contribution is 2.24. The van der Waals surface area contributed by atoms with Gasteiger partial charge in [0.1, 0.15) is 0 Å². The van der Waals surface area contributed by atoms with Crippen molar-refractivity contribution < 1.29 is 0 Å². The van der Waals surface area contributed by atoms with Gasteiger partial charge in [0.25, 0.3) is 0 Å². The summed E-state index contributed by atoms with van der Waals surface area (Å²) < 4.78 is 0.962. The normalized spacial score (nSPS) is 12.4. The number of rotatable bonds is 3. The van der Waals surface area contributed by atoms with Crippen LogP contribution in [0.25, 0.3) is 0 Å². The first-order valence-corrected chi connectivity index (χ1v) is 6.99. The van der Waals surface area contributed by atoms with Gasteiger partial charge in [-0.3, -0.25) is 0 Å². The number of hydrogen-bond donors (Lipinski definition) is 1. The van der Waals surface area contributed by atoms with E-state index in [1.54, 1.807) is 0 Å². The van der Waals surface area contributed by atoms with Crippen LogP contribution in [0, 0.1) is 6.92 Å². The largest absolute Gasteiger partial charge is 0.324 e. The molecule has 1 atom stereocenters. The van der Waals surface area contributed by atoms with Gasteiger partial charge in [-0.1, -0.05) is 57.4 Å². The maximum atomic E-state index is 6.22. The second kappa shape index (κ2) is 5.87. The van der Waals surface area contributed by atoms with Gasteiger partial charge >= 0.3 is 0 Å². The van der Waals surface area contributed by atoms with E-state index in [1.807, 2.05) is 18.2 Å². The Morgan fingerprint density at radius 1 is 1.17 bits per heavy atom. The lowest BCUT2D eigenvalue weighted by atomic mass is 9.99. The Labute approximate surface area is 121 Å². The van der Waals surface area contributed by atoms with Gasteiger partial charge in [-0.25, -0.2) is 0 Å². The minimum Gasteiger partial charge on any atom is -0.324 e. The van der Waals surface area contributed by atoms with Crippen LogP contribution in [0.2, 0.25) is 5.02 Å². The van der Waals surface area contributed by atoms with Crippen molar-refractivity contribution in [1.82, 2.24) is 0 Å². The Bertz CT molecular complexity index is 516. The van der Waals surface area contributed by atoms with Gasteiger partial charge in [0.05, 0.1) is 0 Å². The zero-order valence-electron chi connectivity index (χ0n) is 10.2. The van der Waals surface area contributed by atoms with Crippen LogP contribution in [0.15, 0.2) is 46.9 Å². The van der Waals surface area contributed by atoms with Crippen LogP contribution < -0.4 is 5.73 Å². The molecule has 0 radical (unpaired) electrons.